The van der Waals surface area contributed by atoms with Gasteiger partial charge in [-0.15, -0.1) is 0 Å². The molecule has 0 aliphatic heterocycles. The van der Waals surface area contributed by atoms with Crippen LogP contribution < -0.4 is 5.73 Å². The first-order valence-corrected chi connectivity index (χ1v) is 7.66. The highest BCUT2D eigenvalue weighted by Crippen LogP contribution is 2.13. The van der Waals surface area contributed by atoms with E-state index in [0.717, 1.165) is 12.5 Å². The summed E-state index contributed by atoms with van der Waals surface area (Å²) < 4.78 is 10.7. The zero-order chi connectivity index (χ0) is 11.9. The number of hydrogen-bond donors (Lipinski definition) is 1. The molecule has 15 heavy (non-hydrogen) atoms. The molecule has 0 heterocycles. The van der Waals surface area contributed by atoms with Crippen LogP contribution in [0, 0.1) is 0 Å². The van der Waals surface area contributed by atoms with Crippen LogP contribution in [-0.4, -0.2) is 46.8 Å². The fourth-order valence-corrected chi connectivity index (χ4v) is 2.68. The summed E-state index contributed by atoms with van der Waals surface area (Å²) in [5, 5.41) is 0. The number of rotatable bonds is 7. The molecule has 0 fully saturated rings. The van der Waals surface area contributed by atoms with E-state index < -0.39 is 8.56 Å². The minimum Gasteiger partial charge on any atom is -0.398 e. The van der Waals surface area contributed by atoms with Crippen LogP contribution in [0.2, 0.25) is 12.6 Å². The smallest absolute Gasteiger partial charge is 0.334 e. The lowest BCUT2D eigenvalue weighted by atomic mass is 10.4. The van der Waals surface area contributed by atoms with E-state index in [4.69, 9.17) is 14.6 Å². The molecule has 0 spiro atoms. The van der Waals surface area contributed by atoms with E-state index in [-0.39, 0.29) is 6.03 Å². The SMILES string of the molecule is CCN(CCC[Si](C)(OC)OC)C(N)=O. The van der Waals surface area contributed by atoms with Crippen LogP contribution in [0.5, 0.6) is 0 Å². The molecule has 5 nitrogen and oxygen atoms in total. The van der Waals surface area contributed by atoms with Crippen LogP contribution in [0.4, 0.5) is 4.79 Å². The van der Waals surface area contributed by atoms with Crippen molar-refractivity contribution in [2.75, 3.05) is 27.3 Å². The molecule has 0 rings (SSSR count). The minimum atomic E-state index is -1.99. The average Bonchev–Trinajstić information content (AvgIpc) is 2.23. The van der Waals surface area contributed by atoms with Gasteiger partial charge < -0.3 is 19.5 Å². The summed E-state index contributed by atoms with van der Waals surface area (Å²) in [5.74, 6) is 0. The van der Waals surface area contributed by atoms with Gasteiger partial charge in [0.05, 0.1) is 0 Å². The summed E-state index contributed by atoms with van der Waals surface area (Å²) in [6, 6.07) is 0.500. The molecule has 0 bridgehead atoms. The summed E-state index contributed by atoms with van der Waals surface area (Å²) in [6.07, 6.45) is 0.862. The summed E-state index contributed by atoms with van der Waals surface area (Å²) in [4.78, 5) is 12.5. The predicted octanol–water partition coefficient (Wildman–Crippen LogP) is 1.14. The molecule has 0 aliphatic rings. The van der Waals surface area contributed by atoms with Crippen LogP contribution in [0.15, 0.2) is 0 Å². The molecular weight excluding hydrogens is 212 g/mol. The van der Waals surface area contributed by atoms with E-state index in [1.807, 2.05) is 13.5 Å². The Labute approximate surface area is 92.8 Å². The van der Waals surface area contributed by atoms with E-state index in [9.17, 15) is 4.79 Å². The Kier molecular flexibility index (Phi) is 6.54. The van der Waals surface area contributed by atoms with Crippen molar-refractivity contribution in [3.63, 3.8) is 0 Å². The van der Waals surface area contributed by atoms with Gasteiger partial charge in [0.2, 0.25) is 0 Å². The lowest BCUT2D eigenvalue weighted by molar-refractivity contribution is 0.208. The highest BCUT2D eigenvalue weighted by atomic mass is 28.4. The third kappa shape index (κ3) is 5.15. The zero-order valence-electron chi connectivity index (χ0n) is 10.1. The fourth-order valence-electron chi connectivity index (χ4n) is 1.30. The Morgan fingerprint density at radius 3 is 2.27 bits per heavy atom. The normalized spacial score (nSPS) is 11.5. The minimum absolute atomic E-state index is 0.365. The van der Waals surface area contributed by atoms with Gasteiger partial charge in [-0.1, -0.05) is 0 Å². The number of amides is 2. The molecule has 0 aliphatic carbocycles. The molecule has 2 N–H and O–H groups in total. The summed E-state index contributed by atoms with van der Waals surface area (Å²) in [7, 11) is 1.35. The molecule has 2 amide bonds. The molecule has 90 valence electrons. The van der Waals surface area contributed by atoms with Crippen LogP contribution in [0.3, 0.4) is 0 Å². The van der Waals surface area contributed by atoms with E-state index in [1.165, 1.54) is 0 Å². The van der Waals surface area contributed by atoms with Crippen LogP contribution in [-0.2, 0) is 8.85 Å². The molecule has 6 heteroatoms. The van der Waals surface area contributed by atoms with E-state index >= 15 is 0 Å². The topological polar surface area (TPSA) is 64.8 Å². The van der Waals surface area contributed by atoms with Gasteiger partial charge in [-0.2, -0.15) is 0 Å². The molecule has 0 atom stereocenters. The summed E-state index contributed by atoms with van der Waals surface area (Å²) in [6.45, 7) is 5.23. The fraction of sp³-hybridized carbons (Fsp3) is 0.889. The van der Waals surface area contributed by atoms with Crippen molar-refractivity contribution in [3.8, 4) is 0 Å². The standard InChI is InChI=1S/C9H22N2O3Si/c1-5-11(9(10)12)7-6-8-15(4,13-2)14-3/h5-8H2,1-4H3,(H2,10,12). The summed E-state index contributed by atoms with van der Waals surface area (Å²) >= 11 is 0. The lowest BCUT2D eigenvalue weighted by Gasteiger charge is -2.24. The van der Waals surface area contributed by atoms with Gasteiger partial charge in [-0.25, -0.2) is 4.79 Å². The van der Waals surface area contributed by atoms with Crippen molar-refractivity contribution in [3.05, 3.63) is 0 Å². The lowest BCUT2D eigenvalue weighted by Crippen LogP contribution is -2.39. The van der Waals surface area contributed by atoms with Gasteiger partial charge in [0, 0.05) is 27.3 Å². The Hall–Kier alpha value is -0.593. The Balaban J connectivity index is 3.91. The second-order valence-corrected chi connectivity index (χ2v) is 7.15. The average molecular weight is 234 g/mol. The molecular formula is C9H22N2O3Si. The highest BCUT2D eigenvalue weighted by molar-refractivity contribution is 6.65. The highest BCUT2D eigenvalue weighted by Gasteiger charge is 2.28. The van der Waals surface area contributed by atoms with Gasteiger partial charge >= 0.3 is 14.6 Å². The van der Waals surface area contributed by atoms with Crippen molar-refractivity contribution in [2.24, 2.45) is 5.73 Å². The Bertz CT molecular complexity index is 198. The van der Waals surface area contributed by atoms with E-state index in [1.54, 1.807) is 19.1 Å². The number of carbonyl (C=O) groups is 1. The van der Waals surface area contributed by atoms with Gasteiger partial charge in [0.1, 0.15) is 0 Å². The van der Waals surface area contributed by atoms with Crippen molar-refractivity contribution in [2.45, 2.75) is 25.9 Å². The van der Waals surface area contributed by atoms with Gasteiger partial charge in [-0.05, 0) is 25.9 Å². The van der Waals surface area contributed by atoms with Crippen molar-refractivity contribution in [1.29, 1.82) is 0 Å². The maximum Gasteiger partial charge on any atom is 0.334 e. The molecule has 0 radical (unpaired) electrons. The number of nitrogens with two attached hydrogens (primary N) is 1. The van der Waals surface area contributed by atoms with Crippen LogP contribution >= 0.6 is 0 Å². The van der Waals surface area contributed by atoms with Crippen molar-refractivity contribution >= 4 is 14.6 Å². The number of hydrogen-bond acceptors (Lipinski definition) is 3. The molecule has 0 aromatic heterocycles. The van der Waals surface area contributed by atoms with Crippen LogP contribution in [0.25, 0.3) is 0 Å². The van der Waals surface area contributed by atoms with Gasteiger partial charge in [0.25, 0.3) is 0 Å². The van der Waals surface area contributed by atoms with Gasteiger partial charge in [-0.3, -0.25) is 0 Å². The molecule has 0 aromatic rings. The van der Waals surface area contributed by atoms with Crippen LogP contribution in [0.1, 0.15) is 13.3 Å². The third-order valence-electron chi connectivity index (χ3n) is 2.62. The first-order valence-electron chi connectivity index (χ1n) is 5.13. The number of primary amides is 1. The maximum absolute atomic E-state index is 10.9. The quantitative estimate of drug-likeness (QED) is 0.672. The van der Waals surface area contributed by atoms with E-state index in [0.29, 0.717) is 13.1 Å². The molecule has 0 unspecified atom stereocenters. The first kappa shape index (κ1) is 14.4. The number of nitrogens with zero attached hydrogens (tertiary/aromatic N) is 1. The number of carbonyl (C=O) groups excluding carboxylic acids is 1. The molecule has 0 saturated carbocycles. The molecule has 0 aromatic carbocycles. The Morgan fingerprint density at radius 2 is 1.93 bits per heavy atom. The number of urea groups is 1. The second kappa shape index (κ2) is 6.81. The predicted molar refractivity (Wildman–Crippen MR) is 61.9 cm³/mol. The summed E-state index contributed by atoms with van der Waals surface area (Å²) in [5.41, 5.74) is 5.20. The second-order valence-electron chi connectivity index (χ2n) is 3.56. The monoisotopic (exact) mass is 234 g/mol. The van der Waals surface area contributed by atoms with Gasteiger partial charge in [0.15, 0.2) is 0 Å². The Morgan fingerprint density at radius 1 is 1.40 bits per heavy atom. The molecule has 0 saturated heterocycles. The third-order valence-corrected chi connectivity index (χ3v) is 5.60. The van der Waals surface area contributed by atoms with Crippen molar-refractivity contribution < 1.29 is 13.6 Å². The van der Waals surface area contributed by atoms with Crippen molar-refractivity contribution in [1.82, 2.24) is 4.90 Å². The van der Waals surface area contributed by atoms with E-state index in [2.05, 4.69) is 0 Å². The largest absolute Gasteiger partial charge is 0.398 e. The first-order chi connectivity index (χ1) is 6.99. The maximum atomic E-state index is 10.9. The zero-order valence-corrected chi connectivity index (χ0v) is 11.1.